The Morgan fingerprint density at radius 2 is 2.43 bits per heavy atom. The molecular formula is C3H4O4. The molecule has 0 aromatic rings. The normalized spacial score (nSPS) is 7.00. The first-order valence-corrected chi connectivity index (χ1v) is 1.42. The third-order valence-corrected chi connectivity index (χ3v) is 0.281. The number of hydrogen-bond donors (Lipinski definition) is 1. The molecule has 0 fully saturated rings. The molecule has 0 aliphatic carbocycles. The summed E-state index contributed by atoms with van der Waals surface area (Å²) in [5.74, 6) is -0.435. The summed E-state index contributed by atoms with van der Waals surface area (Å²) in [7, 11) is 0. The molecule has 0 atom stereocenters. The summed E-state index contributed by atoms with van der Waals surface area (Å²) in [5.41, 5.74) is 0. The highest BCUT2D eigenvalue weighted by Crippen LogP contribution is 1.86. The Kier molecular flexibility index (Phi) is 2.70. The molecule has 0 bridgehead atoms. The van der Waals surface area contributed by atoms with Crippen molar-refractivity contribution in [3.63, 3.8) is 0 Å². The minimum Gasteiger partial charge on any atom is -0.393 e. The van der Waals surface area contributed by atoms with Crippen molar-refractivity contribution in [2.45, 2.75) is 0 Å². The molecule has 0 aliphatic heterocycles. The van der Waals surface area contributed by atoms with Gasteiger partial charge in [-0.25, -0.2) is 0 Å². The number of rotatable bonds is 3. The lowest BCUT2D eigenvalue weighted by molar-refractivity contribution is -0.238. The molecule has 0 amide bonds. The molecule has 0 heterocycles. The predicted octanol–water partition coefficient (Wildman–Crippen LogP) is 0.120. The monoisotopic (exact) mass is 104 g/mol. The first-order valence-electron chi connectivity index (χ1n) is 1.42. The van der Waals surface area contributed by atoms with Crippen molar-refractivity contribution in [3.8, 4) is 0 Å². The van der Waals surface area contributed by atoms with Gasteiger partial charge >= 0.3 is 12.4 Å². The summed E-state index contributed by atoms with van der Waals surface area (Å²) in [6, 6.07) is 0. The lowest BCUT2D eigenvalue weighted by Gasteiger charge is -1.91. The Balaban J connectivity index is 3.17. The molecule has 0 rings (SSSR count). The zero-order valence-electron chi connectivity index (χ0n) is 3.46. The molecule has 4 heteroatoms. The molecule has 0 aliphatic rings. The summed E-state index contributed by atoms with van der Waals surface area (Å²) >= 11 is 0. The minimum atomic E-state index is -0.435. The van der Waals surface area contributed by atoms with E-state index in [-0.39, 0.29) is 6.47 Å². The third kappa shape index (κ3) is 2.78. The molecule has 40 valence electrons. The van der Waals surface area contributed by atoms with Crippen LogP contribution in [0.5, 0.6) is 0 Å². The fourth-order valence-electron chi connectivity index (χ4n) is 0.0752. The van der Waals surface area contributed by atoms with E-state index in [0.717, 1.165) is 0 Å². The Morgan fingerprint density at radius 3 is 2.57 bits per heavy atom. The van der Waals surface area contributed by atoms with Gasteiger partial charge in [-0.1, -0.05) is 0 Å². The summed E-state index contributed by atoms with van der Waals surface area (Å²) in [6.07, 6.45) is 0. The summed E-state index contributed by atoms with van der Waals surface area (Å²) in [4.78, 5) is 12.6. The van der Waals surface area contributed by atoms with Crippen LogP contribution in [0.1, 0.15) is 0 Å². The molecule has 0 aromatic carbocycles. The third-order valence-electron chi connectivity index (χ3n) is 0.281. The van der Waals surface area contributed by atoms with Crippen molar-refractivity contribution in [3.05, 3.63) is 12.5 Å². The first-order chi connectivity index (χ1) is 3.31. The molecule has 0 saturated heterocycles. The quantitative estimate of drug-likeness (QED) is 0.239. The van der Waals surface area contributed by atoms with Gasteiger partial charge in [0.15, 0.2) is 0 Å². The van der Waals surface area contributed by atoms with Crippen LogP contribution in [0.15, 0.2) is 12.5 Å². The van der Waals surface area contributed by atoms with Gasteiger partial charge in [-0.2, -0.15) is 5.26 Å². The van der Waals surface area contributed by atoms with E-state index in [1.165, 1.54) is 0 Å². The highest BCUT2D eigenvalue weighted by atomic mass is 17.1. The molecular weight excluding hydrogens is 100 g/mol. The van der Waals surface area contributed by atoms with Crippen LogP contribution in [0.2, 0.25) is 0 Å². The van der Waals surface area contributed by atoms with Crippen LogP contribution in [-0.2, 0) is 14.4 Å². The second-order valence-electron chi connectivity index (χ2n) is 0.677. The van der Waals surface area contributed by atoms with Gasteiger partial charge in [0.2, 0.25) is 0 Å². The van der Waals surface area contributed by atoms with Crippen LogP contribution >= 0.6 is 0 Å². The summed E-state index contributed by atoms with van der Waals surface area (Å²) < 4.78 is 3.84. The van der Waals surface area contributed by atoms with E-state index in [1.807, 2.05) is 0 Å². The van der Waals surface area contributed by atoms with E-state index in [1.54, 1.807) is 0 Å². The van der Waals surface area contributed by atoms with Crippen molar-refractivity contribution < 1.29 is 19.7 Å². The summed E-state index contributed by atoms with van der Waals surface area (Å²) in [6.45, 7) is 3.03. The fraction of sp³-hybridized carbons (Fsp3) is 0. The van der Waals surface area contributed by atoms with Gasteiger partial charge < -0.3 is 9.62 Å². The number of carbonyl (C=O) groups excluding carboxylic acids is 1. The molecule has 0 unspecified atom stereocenters. The molecule has 1 N–H and O–H groups in total. The fourth-order valence-corrected chi connectivity index (χ4v) is 0.0752. The van der Waals surface area contributed by atoms with Crippen molar-refractivity contribution in [2.75, 3.05) is 0 Å². The summed E-state index contributed by atoms with van der Waals surface area (Å²) in [5, 5.41) is 7.58. The van der Waals surface area contributed by atoms with Gasteiger partial charge in [0, 0.05) is 0 Å². The van der Waals surface area contributed by atoms with E-state index in [2.05, 4.69) is 16.2 Å². The van der Waals surface area contributed by atoms with Gasteiger partial charge in [0.25, 0.3) is 0 Å². The van der Waals surface area contributed by atoms with Gasteiger partial charge in [0.1, 0.15) is 0 Å². The second kappa shape index (κ2) is 3.17. The van der Waals surface area contributed by atoms with E-state index in [0.29, 0.717) is 0 Å². The zero-order chi connectivity index (χ0) is 5.70. The van der Waals surface area contributed by atoms with E-state index in [9.17, 15) is 4.79 Å². The topological polar surface area (TPSA) is 55.8 Å². The number of ether oxygens (including phenoxy) is 1. The molecule has 0 aromatic heterocycles. The molecule has 0 spiro atoms. The number of hydrogen-bond acceptors (Lipinski definition) is 4. The van der Waals surface area contributed by atoms with E-state index in [4.69, 9.17) is 5.26 Å². The number of carbonyl (C=O) groups is 1. The second-order valence-corrected chi connectivity index (χ2v) is 0.677. The highest BCUT2D eigenvalue weighted by molar-refractivity contribution is 5.38. The van der Waals surface area contributed by atoms with Gasteiger partial charge in [-0.3, -0.25) is 4.79 Å². The predicted molar refractivity (Wildman–Crippen MR) is 20.0 cm³/mol. The lowest BCUT2D eigenvalue weighted by atomic mass is 11.0. The zero-order valence-corrected chi connectivity index (χ0v) is 3.46. The SMILES string of the molecule is C=C(OO)OC=O. The van der Waals surface area contributed by atoms with Gasteiger partial charge in [-0.05, 0) is 6.58 Å². The van der Waals surface area contributed by atoms with Crippen molar-refractivity contribution in [1.82, 2.24) is 0 Å². The lowest BCUT2D eigenvalue weighted by Crippen LogP contribution is -1.88. The van der Waals surface area contributed by atoms with Gasteiger partial charge in [0.05, 0.1) is 0 Å². The maximum Gasteiger partial charge on any atom is 0.316 e. The van der Waals surface area contributed by atoms with Crippen LogP contribution in [-0.4, -0.2) is 11.7 Å². The van der Waals surface area contributed by atoms with Crippen LogP contribution in [0.3, 0.4) is 0 Å². The molecule has 4 nitrogen and oxygen atoms in total. The van der Waals surface area contributed by atoms with Gasteiger partial charge in [-0.15, -0.1) is 0 Å². The smallest absolute Gasteiger partial charge is 0.316 e. The average molecular weight is 104 g/mol. The van der Waals surface area contributed by atoms with Crippen LogP contribution in [0.4, 0.5) is 0 Å². The standard InChI is InChI=1S/C3H4O4/c1-3(7-5)6-2-4/h2,5H,1H2. The van der Waals surface area contributed by atoms with Crippen LogP contribution in [0, 0.1) is 0 Å². The molecule has 0 saturated carbocycles. The Bertz CT molecular complexity index is 77.0. The highest BCUT2D eigenvalue weighted by Gasteiger charge is 1.86. The molecule has 7 heavy (non-hydrogen) atoms. The minimum absolute atomic E-state index is 0.0958. The Hall–Kier alpha value is -1.03. The Labute approximate surface area is 39.9 Å². The van der Waals surface area contributed by atoms with Crippen LogP contribution in [0.25, 0.3) is 0 Å². The Morgan fingerprint density at radius 1 is 1.86 bits per heavy atom. The maximum absolute atomic E-state index is 9.30. The van der Waals surface area contributed by atoms with E-state index >= 15 is 0 Å². The van der Waals surface area contributed by atoms with Crippen LogP contribution < -0.4 is 0 Å². The molecule has 0 radical (unpaired) electrons. The average Bonchev–Trinajstić information content (AvgIpc) is 1.68. The van der Waals surface area contributed by atoms with Crippen molar-refractivity contribution >= 4 is 6.47 Å². The largest absolute Gasteiger partial charge is 0.393 e. The maximum atomic E-state index is 9.30. The first kappa shape index (κ1) is 5.97. The van der Waals surface area contributed by atoms with E-state index < -0.39 is 5.95 Å². The van der Waals surface area contributed by atoms with Crippen molar-refractivity contribution in [2.24, 2.45) is 0 Å². The van der Waals surface area contributed by atoms with Crippen molar-refractivity contribution in [1.29, 1.82) is 0 Å².